The van der Waals surface area contributed by atoms with Gasteiger partial charge in [0.25, 0.3) is 0 Å². The molecule has 3 rings (SSSR count). The molecule has 1 aliphatic rings. The zero-order valence-corrected chi connectivity index (χ0v) is 12.1. The number of carbonyl (C=O) groups is 1. The summed E-state index contributed by atoms with van der Waals surface area (Å²) in [6, 6.07) is 11.5. The van der Waals surface area contributed by atoms with Crippen molar-refractivity contribution >= 4 is 12.0 Å². The maximum atomic E-state index is 12.2. The van der Waals surface area contributed by atoms with Gasteiger partial charge in [-0.15, -0.1) is 0 Å². The number of benzene rings is 1. The number of rotatable bonds is 4. The van der Waals surface area contributed by atoms with E-state index in [4.69, 9.17) is 4.74 Å². The number of amides is 1. The summed E-state index contributed by atoms with van der Waals surface area (Å²) in [4.78, 5) is 21.9. The molecule has 0 N–H and O–H groups in total. The molecular formula is C17H17N3O2. The molecule has 0 aliphatic carbocycles. The molecule has 0 unspecified atom stereocenters. The van der Waals surface area contributed by atoms with Gasteiger partial charge in [0.15, 0.2) is 0 Å². The van der Waals surface area contributed by atoms with E-state index in [1.807, 2.05) is 36.4 Å². The first kappa shape index (κ1) is 14.3. The minimum Gasteiger partial charge on any atom is -0.472 e. The van der Waals surface area contributed by atoms with Gasteiger partial charge in [-0.05, 0) is 11.6 Å². The van der Waals surface area contributed by atoms with Crippen LogP contribution in [0.15, 0.2) is 55.0 Å². The fraction of sp³-hybridized carbons (Fsp3) is 0.235. The Morgan fingerprint density at radius 3 is 2.91 bits per heavy atom. The lowest BCUT2D eigenvalue weighted by atomic mass is 10.2. The van der Waals surface area contributed by atoms with E-state index in [0.29, 0.717) is 19.0 Å². The van der Waals surface area contributed by atoms with Crippen molar-refractivity contribution in [2.75, 3.05) is 13.1 Å². The van der Waals surface area contributed by atoms with Crippen LogP contribution in [0.2, 0.25) is 0 Å². The Balaban J connectivity index is 1.54. The van der Waals surface area contributed by atoms with Gasteiger partial charge in [-0.25, -0.2) is 9.97 Å². The third kappa shape index (κ3) is 3.69. The number of carbonyl (C=O) groups excluding carboxylic acids is 1. The first-order valence-corrected chi connectivity index (χ1v) is 7.26. The SMILES string of the molecule is O=C(/C=C/c1ccccc1)N1CC[C@H](Oc2ccncn2)C1. The third-order valence-electron chi connectivity index (χ3n) is 3.52. The van der Waals surface area contributed by atoms with Crippen LogP contribution in [0.5, 0.6) is 5.88 Å². The molecular weight excluding hydrogens is 278 g/mol. The first-order valence-electron chi connectivity index (χ1n) is 7.26. The number of nitrogens with zero attached hydrogens (tertiary/aromatic N) is 3. The normalized spacial score (nSPS) is 17.8. The molecule has 1 aliphatic heterocycles. The Bertz CT molecular complexity index is 643. The van der Waals surface area contributed by atoms with E-state index < -0.39 is 0 Å². The Kier molecular flexibility index (Phi) is 4.44. The molecule has 1 amide bonds. The van der Waals surface area contributed by atoms with Gasteiger partial charge in [0.2, 0.25) is 11.8 Å². The van der Waals surface area contributed by atoms with Gasteiger partial charge in [0, 0.05) is 31.3 Å². The molecule has 5 heteroatoms. The summed E-state index contributed by atoms with van der Waals surface area (Å²) < 4.78 is 5.75. The number of ether oxygens (including phenoxy) is 1. The Morgan fingerprint density at radius 2 is 2.14 bits per heavy atom. The van der Waals surface area contributed by atoms with Crippen LogP contribution in [0.3, 0.4) is 0 Å². The highest BCUT2D eigenvalue weighted by atomic mass is 16.5. The van der Waals surface area contributed by atoms with Crippen molar-refractivity contribution in [1.29, 1.82) is 0 Å². The second-order valence-corrected chi connectivity index (χ2v) is 5.10. The van der Waals surface area contributed by atoms with Crippen molar-refractivity contribution in [3.8, 4) is 5.88 Å². The number of hydrogen-bond acceptors (Lipinski definition) is 4. The number of aromatic nitrogens is 2. The summed E-state index contributed by atoms with van der Waals surface area (Å²) >= 11 is 0. The topological polar surface area (TPSA) is 55.3 Å². The molecule has 0 saturated carbocycles. The Labute approximate surface area is 129 Å². The molecule has 112 valence electrons. The molecule has 0 spiro atoms. The van der Waals surface area contributed by atoms with Crippen LogP contribution in [-0.4, -0.2) is 40.0 Å². The Morgan fingerprint density at radius 1 is 1.27 bits per heavy atom. The van der Waals surface area contributed by atoms with E-state index >= 15 is 0 Å². The summed E-state index contributed by atoms with van der Waals surface area (Å²) in [6.07, 6.45) is 7.35. The third-order valence-corrected chi connectivity index (χ3v) is 3.52. The maximum absolute atomic E-state index is 12.2. The van der Waals surface area contributed by atoms with Crippen molar-refractivity contribution in [3.63, 3.8) is 0 Å². The highest BCUT2D eigenvalue weighted by Gasteiger charge is 2.26. The van der Waals surface area contributed by atoms with Crippen LogP contribution in [0.1, 0.15) is 12.0 Å². The summed E-state index contributed by atoms with van der Waals surface area (Å²) in [5, 5.41) is 0. The van der Waals surface area contributed by atoms with Crippen LogP contribution < -0.4 is 4.74 Å². The van der Waals surface area contributed by atoms with Crippen molar-refractivity contribution in [2.45, 2.75) is 12.5 Å². The molecule has 1 fully saturated rings. The van der Waals surface area contributed by atoms with Crippen LogP contribution in [0, 0.1) is 0 Å². The van der Waals surface area contributed by atoms with Crippen molar-refractivity contribution in [2.24, 2.45) is 0 Å². The van der Waals surface area contributed by atoms with Gasteiger partial charge in [-0.1, -0.05) is 30.3 Å². The van der Waals surface area contributed by atoms with Gasteiger partial charge in [-0.2, -0.15) is 0 Å². The lowest BCUT2D eigenvalue weighted by molar-refractivity contribution is -0.125. The van der Waals surface area contributed by atoms with Crippen LogP contribution >= 0.6 is 0 Å². The van der Waals surface area contributed by atoms with Crippen molar-refractivity contribution < 1.29 is 9.53 Å². The lowest BCUT2D eigenvalue weighted by Gasteiger charge is -2.15. The van der Waals surface area contributed by atoms with Crippen LogP contribution in [0.4, 0.5) is 0 Å². The lowest BCUT2D eigenvalue weighted by Crippen LogP contribution is -2.29. The molecule has 5 nitrogen and oxygen atoms in total. The largest absolute Gasteiger partial charge is 0.472 e. The fourth-order valence-electron chi connectivity index (χ4n) is 2.38. The van der Waals surface area contributed by atoms with Gasteiger partial charge >= 0.3 is 0 Å². The standard InChI is InChI=1S/C17H17N3O2/c21-17(7-6-14-4-2-1-3-5-14)20-11-9-15(12-20)22-16-8-10-18-13-19-16/h1-8,10,13,15H,9,11-12H2/b7-6+/t15-/m0/s1. The predicted molar refractivity (Wildman–Crippen MR) is 83.1 cm³/mol. The molecule has 1 aromatic carbocycles. The van der Waals surface area contributed by atoms with Crippen molar-refractivity contribution in [3.05, 3.63) is 60.6 Å². The molecule has 2 heterocycles. The summed E-state index contributed by atoms with van der Waals surface area (Å²) in [6.45, 7) is 1.29. The highest BCUT2D eigenvalue weighted by Crippen LogP contribution is 2.16. The van der Waals surface area contributed by atoms with Gasteiger partial charge in [-0.3, -0.25) is 4.79 Å². The van der Waals surface area contributed by atoms with Gasteiger partial charge in [0.05, 0.1) is 6.54 Å². The van der Waals surface area contributed by atoms with E-state index in [0.717, 1.165) is 12.0 Å². The first-order chi connectivity index (χ1) is 10.8. The second kappa shape index (κ2) is 6.85. The zero-order chi connectivity index (χ0) is 15.2. The molecule has 22 heavy (non-hydrogen) atoms. The van der Waals surface area contributed by atoms with E-state index in [-0.39, 0.29) is 12.0 Å². The smallest absolute Gasteiger partial charge is 0.246 e. The fourth-order valence-corrected chi connectivity index (χ4v) is 2.38. The average molecular weight is 295 g/mol. The molecule has 0 bridgehead atoms. The summed E-state index contributed by atoms with van der Waals surface area (Å²) in [5.74, 6) is 0.562. The van der Waals surface area contributed by atoms with Gasteiger partial charge in [0.1, 0.15) is 12.4 Å². The van der Waals surface area contributed by atoms with Crippen LogP contribution in [-0.2, 0) is 4.79 Å². The Hall–Kier alpha value is -2.69. The minimum atomic E-state index is -0.0102. The van der Waals surface area contributed by atoms with E-state index in [1.165, 1.54) is 6.33 Å². The molecule has 1 atom stereocenters. The number of likely N-dealkylation sites (tertiary alicyclic amines) is 1. The second-order valence-electron chi connectivity index (χ2n) is 5.10. The number of hydrogen-bond donors (Lipinski definition) is 0. The average Bonchev–Trinajstić information content (AvgIpc) is 3.03. The van der Waals surface area contributed by atoms with Crippen molar-refractivity contribution in [1.82, 2.24) is 14.9 Å². The van der Waals surface area contributed by atoms with E-state index in [2.05, 4.69) is 9.97 Å². The predicted octanol–water partition coefficient (Wildman–Crippen LogP) is 2.17. The van der Waals surface area contributed by atoms with Crippen LogP contribution in [0.25, 0.3) is 6.08 Å². The van der Waals surface area contributed by atoms with Gasteiger partial charge < -0.3 is 9.64 Å². The quantitative estimate of drug-likeness (QED) is 0.811. The molecule has 1 aromatic heterocycles. The minimum absolute atomic E-state index is 0.0102. The van der Waals surface area contributed by atoms with E-state index in [9.17, 15) is 4.79 Å². The molecule has 1 saturated heterocycles. The zero-order valence-electron chi connectivity index (χ0n) is 12.1. The summed E-state index contributed by atoms with van der Waals surface area (Å²) in [5.41, 5.74) is 1.02. The molecule has 0 radical (unpaired) electrons. The highest BCUT2D eigenvalue weighted by molar-refractivity contribution is 5.91. The molecule has 2 aromatic rings. The van der Waals surface area contributed by atoms with E-state index in [1.54, 1.807) is 23.2 Å². The summed E-state index contributed by atoms with van der Waals surface area (Å²) in [7, 11) is 0. The maximum Gasteiger partial charge on any atom is 0.246 e. The monoisotopic (exact) mass is 295 g/mol.